The van der Waals surface area contributed by atoms with Crippen LogP contribution in [0.5, 0.6) is 0 Å². The lowest BCUT2D eigenvalue weighted by Crippen LogP contribution is -2.42. The fourth-order valence-corrected chi connectivity index (χ4v) is 2.09. The zero-order valence-electron chi connectivity index (χ0n) is 11.9. The topological polar surface area (TPSA) is 40.6 Å². The van der Waals surface area contributed by atoms with Crippen LogP contribution in [0.4, 0.5) is 10.5 Å². The number of hydrogen-bond donors (Lipinski definition) is 0. The molecule has 102 valence electrons. The van der Waals surface area contributed by atoms with Crippen LogP contribution in [-0.4, -0.2) is 29.9 Å². The molecule has 0 bridgehead atoms. The Morgan fingerprint density at radius 1 is 1.11 bits per heavy atom. The Kier molecular flexibility index (Phi) is 3.35. The van der Waals surface area contributed by atoms with Crippen molar-refractivity contribution in [1.82, 2.24) is 4.90 Å². The molecule has 0 spiro atoms. The summed E-state index contributed by atoms with van der Waals surface area (Å²) in [6, 6.07) is 7.55. The number of hydrogen-bond acceptors (Lipinski definition) is 2. The van der Waals surface area contributed by atoms with Crippen LogP contribution in [0.25, 0.3) is 0 Å². The van der Waals surface area contributed by atoms with E-state index in [1.165, 1.54) is 4.90 Å². The molecular weight excluding hydrogens is 240 g/mol. The molecule has 1 aromatic rings. The van der Waals surface area contributed by atoms with Crippen LogP contribution in [0.3, 0.4) is 0 Å². The Balaban J connectivity index is 2.19. The summed E-state index contributed by atoms with van der Waals surface area (Å²) in [5.74, 6) is -0.118. The van der Waals surface area contributed by atoms with Gasteiger partial charge in [-0.2, -0.15) is 0 Å². The van der Waals surface area contributed by atoms with Crippen molar-refractivity contribution in [2.24, 2.45) is 5.41 Å². The quantitative estimate of drug-likeness (QED) is 0.779. The summed E-state index contributed by atoms with van der Waals surface area (Å²) in [6.45, 7) is 8.52. The van der Waals surface area contributed by atoms with E-state index in [9.17, 15) is 9.59 Å². The first-order valence-corrected chi connectivity index (χ1v) is 6.51. The number of carbonyl (C=O) groups is 2. The zero-order chi connectivity index (χ0) is 14.2. The van der Waals surface area contributed by atoms with Crippen molar-refractivity contribution in [3.8, 4) is 0 Å². The van der Waals surface area contributed by atoms with Gasteiger partial charge in [0.2, 0.25) is 5.91 Å². The van der Waals surface area contributed by atoms with E-state index in [4.69, 9.17) is 0 Å². The number of rotatable bonds is 1. The summed E-state index contributed by atoms with van der Waals surface area (Å²) in [4.78, 5) is 27.5. The number of carbonyl (C=O) groups excluding carboxylic acids is 2. The number of aryl methyl sites for hydroxylation is 1. The van der Waals surface area contributed by atoms with E-state index in [1.807, 2.05) is 52.0 Å². The second-order valence-electron chi connectivity index (χ2n) is 5.98. The fourth-order valence-electron chi connectivity index (χ4n) is 2.09. The van der Waals surface area contributed by atoms with Gasteiger partial charge in [-0.1, -0.05) is 38.5 Å². The highest BCUT2D eigenvalue weighted by atomic mass is 16.2. The highest BCUT2D eigenvalue weighted by molar-refractivity contribution is 6.05. The van der Waals surface area contributed by atoms with Gasteiger partial charge in [0.25, 0.3) is 0 Å². The normalized spacial score (nSPS) is 16.1. The average Bonchev–Trinajstić information content (AvgIpc) is 2.70. The van der Waals surface area contributed by atoms with Gasteiger partial charge in [0.1, 0.15) is 0 Å². The van der Waals surface area contributed by atoms with Gasteiger partial charge in [0, 0.05) is 24.2 Å². The van der Waals surface area contributed by atoms with E-state index >= 15 is 0 Å². The highest BCUT2D eigenvalue weighted by Gasteiger charge is 2.38. The van der Waals surface area contributed by atoms with E-state index in [2.05, 4.69) is 0 Å². The summed E-state index contributed by atoms with van der Waals surface area (Å²) >= 11 is 0. The van der Waals surface area contributed by atoms with Crippen molar-refractivity contribution in [3.63, 3.8) is 0 Å². The molecule has 2 rings (SSSR count). The summed E-state index contributed by atoms with van der Waals surface area (Å²) in [6.07, 6.45) is 0. The molecule has 1 aliphatic heterocycles. The molecule has 0 unspecified atom stereocenters. The third-order valence-electron chi connectivity index (χ3n) is 3.24. The number of imide groups is 1. The minimum absolute atomic E-state index is 0.118. The first-order chi connectivity index (χ1) is 8.80. The van der Waals surface area contributed by atoms with Crippen molar-refractivity contribution in [2.75, 3.05) is 18.0 Å². The lowest BCUT2D eigenvalue weighted by molar-refractivity contribution is -0.135. The van der Waals surface area contributed by atoms with E-state index < -0.39 is 5.41 Å². The lowest BCUT2D eigenvalue weighted by atomic mass is 9.95. The summed E-state index contributed by atoms with van der Waals surface area (Å²) in [5.41, 5.74) is 1.47. The van der Waals surface area contributed by atoms with Gasteiger partial charge >= 0.3 is 6.03 Å². The second kappa shape index (κ2) is 4.68. The standard InChI is InChI=1S/C15H20N2O2/c1-11-5-7-12(8-6-11)16-9-10-17(14(16)19)13(18)15(2,3)4/h5-8H,9-10H2,1-4H3. The first-order valence-electron chi connectivity index (χ1n) is 6.51. The third-order valence-corrected chi connectivity index (χ3v) is 3.24. The van der Waals surface area contributed by atoms with Crippen LogP contribution in [0.15, 0.2) is 24.3 Å². The van der Waals surface area contributed by atoms with Gasteiger partial charge in [-0.3, -0.25) is 14.6 Å². The van der Waals surface area contributed by atoms with E-state index in [1.54, 1.807) is 4.90 Å². The number of urea groups is 1. The Labute approximate surface area is 114 Å². The maximum Gasteiger partial charge on any atom is 0.331 e. The third kappa shape index (κ3) is 2.62. The van der Waals surface area contributed by atoms with Crippen molar-refractivity contribution >= 4 is 17.6 Å². The monoisotopic (exact) mass is 260 g/mol. The predicted molar refractivity (Wildman–Crippen MR) is 75.1 cm³/mol. The number of amides is 3. The molecule has 19 heavy (non-hydrogen) atoms. The molecule has 0 radical (unpaired) electrons. The van der Waals surface area contributed by atoms with Gasteiger partial charge in [-0.15, -0.1) is 0 Å². The van der Waals surface area contributed by atoms with Crippen molar-refractivity contribution in [1.29, 1.82) is 0 Å². The molecular formula is C15H20N2O2. The zero-order valence-corrected chi connectivity index (χ0v) is 11.9. The van der Waals surface area contributed by atoms with Gasteiger partial charge in [-0.25, -0.2) is 4.79 Å². The maximum atomic E-state index is 12.3. The molecule has 1 heterocycles. The summed E-state index contributed by atoms with van der Waals surface area (Å²) in [7, 11) is 0. The van der Waals surface area contributed by atoms with Gasteiger partial charge in [0.05, 0.1) is 0 Å². The highest BCUT2D eigenvalue weighted by Crippen LogP contribution is 2.25. The van der Waals surface area contributed by atoms with Crippen LogP contribution in [-0.2, 0) is 4.79 Å². The minimum Gasteiger partial charge on any atom is -0.292 e. The number of benzene rings is 1. The fraction of sp³-hybridized carbons (Fsp3) is 0.467. The molecule has 4 nitrogen and oxygen atoms in total. The van der Waals surface area contributed by atoms with Crippen molar-refractivity contribution in [3.05, 3.63) is 29.8 Å². The van der Waals surface area contributed by atoms with E-state index in [-0.39, 0.29) is 11.9 Å². The Hall–Kier alpha value is -1.84. The summed E-state index contributed by atoms with van der Waals surface area (Å²) in [5, 5.41) is 0. The van der Waals surface area contributed by atoms with Crippen LogP contribution >= 0.6 is 0 Å². The molecule has 1 aromatic carbocycles. The molecule has 0 aromatic heterocycles. The Morgan fingerprint density at radius 3 is 2.21 bits per heavy atom. The smallest absolute Gasteiger partial charge is 0.292 e. The number of anilines is 1. The lowest BCUT2D eigenvalue weighted by Gasteiger charge is -2.24. The average molecular weight is 260 g/mol. The second-order valence-corrected chi connectivity index (χ2v) is 5.98. The SMILES string of the molecule is Cc1ccc(N2CCN(C(=O)C(C)(C)C)C2=O)cc1. The van der Waals surface area contributed by atoms with Crippen molar-refractivity contribution < 1.29 is 9.59 Å². The first kappa shape index (κ1) is 13.6. The van der Waals surface area contributed by atoms with Crippen LogP contribution in [0.1, 0.15) is 26.3 Å². The van der Waals surface area contributed by atoms with Gasteiger partial charge in [-0.05, 0) is 19.1 Å². The molecule has 1 saturated heterocycles. The molecule has 0 N–H and O–H groups in total. The molecule has 1 aliphatic rings. The largest absolute Gasteiger partial charge is 0.331 e. The number of nitrogens with zero attached hydrogens (tertiary/aromatic N) is 2. The van der Waals surface area contributed by atoms with Crippen LogP contribution in [0, 0.1) is 12.3 Å². The van der Waals surface area contributed by atoms with E-state index in [0.29, 0.717) is 13.1 Å². The van der Waals surface area contributed by atoms with Crippen molar-refractivity contribution in [2.45, 2.75) is 27.7 Å². The Morgan fingerprint density at radius 2 is 1.68 bits per heavy atom. The molecule has 0 atom stereocenters. The Bertz CT molecular complexity index is 500. The van der Waals surface area contributed by atoms with Crippen LogP contribution in [0.2, 0.25) is 0 Å². The van der Waals surface area contributed by atoms with E-state index in [0.717, 1.165) is 11.3 Å². The van der Waals surface area contributed by atoms with Gasteiger partial charge in [0.15, 0.2) is 0 Å². The molecule has 1 fully saturated rings. The predicted octanol–water partition coefficient (Wildman–Crippen LogP) is 2.81. The molecule has 0 saturated carbocycles. The van der Waals surface area contributed by atoms with Gasteiger partial charge < -0.3 is 0 Å². The maximum absolute atomic E-state index is 12.3. The molecule has 0 aliphatic carbocycles. The molecule has 3 amide bonds. The van der Waals surface area contributed by atoms with Crippen LogP contribution < -0.4 is 4.90 Å². The molecule has 4 heteroatoms. The summed E-state index contributed by atoms with van der Waals surface area (Å²) < 4.78 is 0. The minimum atomic E-state index is -0.529.